The van der Waals surface area contributed by atoms with Gasteiger partial charge >= 0.3 is 0 Å². The summed E-state index contributed by atoms with van der Waals surface area (Å²) in [6, 6.07) is 6.27. The zero-order valence-corrected chi connectivity index (χ0v) is 15.4. The Labute approximate surface area is 144 Å². The molecule has 1 aromatic rings. The van der Waals surface area contributed by atoms with Gasteiger partial charge in [0.15, 0.2) is 9.84 Å². The van der Waals surface area contributed by atoms with Crippen molar-refractivity contribution in [3.05, 3.63) is 29.8 Å². The van der Waals surface area contributed by atoms with Gasteiger partial charge in [-0.2, -0.15) is 0 Å². The topological polar surface area (TPSA) is 75.3 Å². The molecule has 5 nitrogen and oxygen atoms in total. The van der Waals surface area contributed by atoms with Crippen molar-refractivity contribution in [3.8, 4) is 0 Å². The van der Waals surface area contributed by atoms with Gasteiger partial charge in [-0.25, -0.2) is 8.42 Å². The average molecular weight is 361 g/mol. The molecule has 23 heavy (non-hydrogen) atoms. The number of hydrogen-bond acceptors (Lipinski definition) is 4. The van der Waals surface area contributed by atoms with Gasteiger partial charge in [-0.1, -0.05) is 13.8 Å². The Hall–Kier alpha value is -1.11. The number of sulfone groups is 1. The lowest BCUT2D eigenvalue weighted by Gasteiger charge is -2.39. The van der Waals surface area contributed by atoms with Crippen molar-refractivity contribution in [2.75, 3.05) is 19.3 Å². The van der Waals surface area contributed by atoms with Crippen molar-refractivity contribution in [1.29, 1.82) is 0 Å². The van der Waals surface area contributed by atoms with Crippen LogP contribution in [0.2, 0.25) is 0 Å². The van der Waals surface area contributed by atoms with E-state index in [1.54, 1.807) is 12.1 Å². The highest BCUT2D eigenvalue weighted by Crippen LogP contribution is 2.29. The fourth-order valence-corrected chi connectivity index (χ4v) is 3.40. The number of piperidine rings is 1. The van der Waals surface area contributed by atoms with Crippen molar-refractivity contribution < 1.29 is 13.2 Å². The molecule has 0 radical (unpaired) electrons. The molecule has 1 aliphatic rings. The first-order chi connectivity index (χ1) is 10.2. The van der Waals surface area contributed by atoms with Crippen molar-refractivity contribution in [2.45, 2.75) is 37.6 Å². The Balaban J connectivity index is 0.00000264. The first-order valence-corrected chi connectivity index (χ1v) is 9.41. The molecule has 1 atom stereocenters. The molecule has 0 aromatic heterocycles. The third-order valence-electron chi connectivity index (χ3n) is 4.34. The van der Waals surface area contributed by atoms with Crippen LogP contribution in [-0.2, 0) is 9.84 Å². The van der Waals surface area contributed by atoms with Crippen LogP contribution in [0.4, 0.5) is 0 Å². The molecule has 1 aliphatic heterocycles. The van der Waals surface area contributed by atoms with E-state index in [4.69, 9.17) is 0 Å². The molecule has 0 spiro atoms. The normalized spacial score (nSPS) is 20.4. The van der Waals surface area contributed by atoms with Gasteiger partial charge in [0.1, 0.15) is 0 Å². The molecule has 1 aromatic carbocycles. The van der Waals surface area contributed by atoms with Gasteiger partial charge in [0.2, 0.25) is 0 Å². The monoisotopic (exact) mass is 360 g/mol. The summed E-state index contributed by atoms with van der Waals surface area (Å²) in [5.74, 6) is -0.178. The average Bonchev–Trinajstić information content (AvgIpc) is 2.44. The van der Waals surface area contributed by atoms with Crippen molar-refractivity contribution in [3.63, 3.8) is 0 Å². The molecule has 1 heterocycles. The second-order valence-electron chi connectivity index (χ2n) is 6.61. The molecular formula is C16H25ClN2O3S. The van der Waals surface area contributed by atoms with Gasteiger partial charge in [0, 0.05) is 24.4 Å². The standard InChI is InChI=1S/C16H24N2O3S.ClH/c1-16(2)9-4-10-17-14(16)11-18-15(19)12-5-7-13(8-6-12)22(3,20)21;/h5-8,14,17H,4,9-11H2,1-3H3,(H,18,19);1H. The Bertz CT molecular complexity index is 642. The van der Waals surface area contributed by atoms with Gasteiger partial charge in [0.05, 0.1) is 4.90 Å². The van der Waals surface area contributed by atoms with Crippen LogP contribution in [0, 0.1) is 5.41 Å². The summed E-state index contributed by atoms with van der Waals surface area (Å²) < 4.78 is 22.8. The zero-order chi connectivity index (χ0) is 16.4. The maximum absolute atomic E-state index is 12.2. The van der Waals surface area contributed by atoms with E-state index in [-0.39, 0.29) is 34.7 Å². The van der Waals surface area contributed by atoms with E-state index in [2.05, 4.69) is 24.5 Å². The minimum Gasteiger partial charge on any atom is -0.350 e. The molecular weight excluding hydrogens is 336 g/mol. The van der Waals surface area contributed by atoms with Crippen LogP contribution in [0.15, 0.2) is 29.2 Å². The van der Waals surface area contributed by atoms with Crippen LogP contribution in [0.3, 0.4) is 0 Å². The van der Waals surface area contributed by atoms with Crippen molar-refractivity contribution in [1.82, 2.24) is 10.6 Å². The molecule has 2 rings (SSSR count). The van der Waals surface area contributed by atoms with Gasteiger partial charge in [-0.3, -0.25) is 4.79 Å². The van der Waals surface area contributed by atoms with E-state index in [1.165, 1.54) is 12.1 Å². The van der Waals surface area contributed by atoms with Gasteiger partial charge < -0.3 is 10.6 Å². The Morgan fingerprint density at radius 1 is 1.30 bits per heavy atom. The number of nitrogens with one attached hydrogen (secondary N) is 2. The number of rotatable bonds is 4. The number of carbonyl (C=O) groups excluding carboxylic acids is 1. The highest BCUT2D eigenvalue weighted by atomic mass is 35.5. The number of hydrogen-bond donors (Lipinski definition) is 2. The molecule has 0 aliphatic carbocycles. The lowest BCUT2D eigenvalue weighted by molar-refractivity contribution is 0.0928. The quantitative estimate of drug-likeness (QED) is 0.861. The highest BCUT2D eigenvalue weighted by Gasteiger charge is 2.31. The lowest BCUT2D eigenvalue weighted by atomic mass is 9.77. The van der Waals surface area contributed by atoms with Crippen LogP contribution in [0.1, 0.15) is 37.0 Å². The summed E-state index contributed by atoms with van der Waals surface area (Å²) in [4.78, 5) is 12.4. The zero-order valence-electron chi connectivity index (χ0n) is 13.8. The molecule has 1 amide bonds. The number of benzene rings is 1. The summed E-state index contributed by atoms with van der Waals surface area (Å²) in [5, 5.41) is 6.38. The number of amides is 1. The SMILES string of the molecule is CC1(C)CCCNC1CNC(=O)c1ccc(S(C)(=O)=O)cc1.Cl. The molecule has 0 saturated carbocycles. The van der Waals surface area contributed by atoms with Crippen molar-refractivity contribution in [2.24, 2.45) is 5.41 Å². The van der Waals surface area contributed by atoms with E-state index < -0.39 is 9.84 Å². The Kier molecular flexibility index (Phi) is 6.62. The molecule has 2 N–H and O–H groups in total. The summed E-state index contributed by atoms with van der Waals surface area (Å²) >= 11 is 0. The summed E-state index contributed by atoms with van der Waals surface area (Å²) in [6.45, 7) is 5.96. The van der Waals surface area contributed by atoms with E-state index in [9.17, 15) is 13.2 Å². The smallest absolute Gasteiger partial charge is 0.251 e. The molecule has 1 unspecified atom stereocenters. The molecule has 1 fully saturated rings. The highest BCUT2D eigenvalue weighted by molar-refractivity contribution is 7.90. The van der Waals surface area contributed by atoms with Crippen LogP contribution in [0.25, 0.3) is 0 Å². The van der Waals surface area contributed by atoms with Crippen LogP contribution in [0.5, 0.6) is 0 Å². The lowest BCUT2D eigenvalue weighted by Crippen LogP contribution is -2.52. The maximum Gasteiger partial charge on any atom is 0.251 e. The number of halogens is 1. The van der Waals surface area contributed by atoms with E-state index in [0.29, 0.717) is 12.1 Å². The molecule has 7 heteroatoms. The molecule has 0 bridgehead atoms. The number of carbonyl (C=O) groups is 1. The molecule has 1 saturated heterocycles. The van der Waals surface area contributed by atoms with Gasteiger partial charge in [0.25, 0.3) is 5.91 Å². The minimum absolute atomic E-state index is 0. The van der Waals surface area contributed by atoms with E-state index >= 15 is 0 Å². The van der Waals surface area contributed by atoms with Crippen LogP contribution in [-0.4, -0.2) is 39.7 Å². The minimum atomic E-state index is -3.23. The Morgan fingerprint density at radius 3 is 2.43 bits per heavy atom. The largest absolute Gasteiger partial charge is 0.350 e. The maximum atomic E-state index is 12.2. The third kappa shape index (κ3) is 5.19. The predicted molar refractivity (Wildman–Crippen MR) is 93.9 cm³/mol. The first-order valence-electron chi connectivity index (χ1n) is 7.52. The second-order valence-corrected chi connectivity index (χ2v) is 8.62. The van der Waals surface area contributed by atoms with E-state index in [1.807, 2.05) is 0 Å². The fraction of sp³-hybridized carbons (Fsp3) is 0.562. The van der Waals surface area contributed by atoms with Gasteiger partial charge in [-0.15, -0.1) is 12.4 Å². The second kappa shape index (κ2) is 7.64. The van der Waals surface area contributed by atoms with Crippen molar-refractivity contribution >= 4 is 28.2 Å². The summed E-state index contributed by atoms with van der Waals surface area (Å²) in [5.41, 5.74) is 0.632. The predicted octanol–water partition coefficient (Wildman–Crippen LogP) is 2.02. The summed E-state index contributed by atoms with van der Waals surface area (Å²) in [7, 11) is -3.23. The fourth-order valence-electron chi connectivity index (χ4n) is 2.77. The van der Waals surface area contributed by atoms with Gasteiger partial charge in [-0.05, 0) is 49.1 Å². The first kappa shape index (κ1) is 19.9. The summed E-state index contributed by atoms with van der Waals surface area (Å²) in [6.07, 6.45) is 3.45. The Morgan fingerprint density at radius 2 is 1.91 bits per heavy atom. The van der Waals surface area contributed by atoms with Crippen LogP contribution < -0.4 is 10.6 Å². The van der Waals surface area contributed by atoms with E-state index in [0.717, 1.165) is 25.6 Å². The molecule has 130 valence electrons. The third-order valence-corrected chi connectivity index (χ3v) is 5.47. The van der Waals surface area contributed by atoms with Crippen LogP contribution >= 0.6 is 12.4 Å².